The van der Waals surface area contributed by atoms with E-state index < -0.39 is 0 Å². The fourth-order valence-corrected chi connectivity index (χ4v) is 3.16. The summed E-state index contributed by atoms with van der Waals surface area (Å²) in [6, 6.07) is 12.9. The lowest BCUT2D eigenvalue weighted by atomic mass is 10.1. The van der Waals surface area contributed by atoms with E-state index in [0.29, 0.717) is 40.9 Å². The summed E-state index contributed by atoms with van der Waals surface area (Å²) in [5.41, 5.74) is 2.09. The summed E-state index contributed by atoms with van der Waals surface area (Å²) < 4.78 is 15.7. The van der Waals surface area contributed by atoms with E-state index in [2.05, 4.69) is 15.6 Å². The molecule has 1 heterocycles. The summed E-state index contributed by atoms with van der Waals surface area (Å²) in [4.78, 5) is 15.2. The highest BCUT2D eigenvalue weighted by molar-refractivity contribution is 7.80. The van der Waals surface area contributed by atoms with E-state index >= 15 is 0 Å². The van der Waals surface area contributed by atoms with E-state index in [9.17, 15) is 4.79 Å². The molecule has 0 saturated carbocycles. The molecule has 0 aliphatic rings. The van der Waals surface area contributed by atoms with Gasteiger partial charge in [0.2, 0.25) is 0 Å². The molecule has 0 spiro atoms. The number of anilines is 1. The highest BCUT2D eigenvalue weighted by Crippen LogP contribution is 2.29. The van der Waals surface area contributed by atoms with Gasteiger partial charge in [0.05, 0.1) is 26.8 Å². The predicted molar refractivity (Wildman–Crippen MR) is 119 cm³/mol. The average molecular weight is 413 g/mol. The number of hydrogen-bond acceptors (Lipinski definition) is 5. The first-order valence-corrected chi connectivity index (χ1v) is 9.41. The number of thiocarbonyl (C=S) groups is 1. The molecule has 8 heteroatoms. The van der Waals surface area contributed by atoms with Crippen molar-refractivity contribution in [2.24, 2.45) is 0 Å². The molecular weight excluding hydrogens is 390 g/mol. The van der Waals surface area contributed by atoms with Gasteiger partial charge in [0.15, 0.2) is 16.6 Å². The summed E-state index contributed by atoms with van der Waals surface area (Å²) in [6.07, 6.45) is 0.533. The Morgan fingerprint density at radius 3 is 2.52 bits per heavy atom. The number of methoxy groups -OCH3 is 3. The molecule has 0 aliphatic carbocycles. The van der Waals surface area contributed by atoms with Crippen LogP contribution in [0.3, 0.4) is 0 Å². The summed E-state index contributed by atoms with van der Waals surface area (Å²) in [5, 5.41) is 7.62. The Balaban J connectivity index is 1.60. The molecule has 29 heavy (non-hydrogen) atoms. The lowest BCUT2D eigenvalue weighted by Crippen LogP contribution is -2.31. The second-order valence-electron chi connectivity index (χ2n) is 6.28. The zero-order valence-corrected chi connectivity index (χ0v) is 17.3. The van der Waals surface area contributed by atoms with E-state index in [1.54, 1.807) is 39.5 Å². The first-order valence-electron chi connectivity index (χ1n) is 9.01. The monoisotopic (exact) mass is 413 g/mol. The maximum absolute atomic E-state index is 12.3. The average Bonchev–Trinajstić information content (AvgIpc) is 2.73. The number of fused-ring (bicyclic) bond motifs is 1. The van der Waals surface area contributed by atoms with E-state index in [1.165, 1.54) is 0 Å². The molecule has 0 atom stereocenters. The van der Waals surface area contributed by atoms with E-state index in [1.807, 2.05) is 24.3 Å². The van der Waals surface area contributed by atoms with Crippen molar-refractivity contribution in [1.82, 2.24) is 10.3 Å². The molecule has 3 N–H and O–H groups in total. The van der Waals surface area contributed by atoms with E-state index in [4.69, 9.17) is 26.4 Å². The van der Waals surface area contributed by atoms with Gasteiger partial charge < -0.3 is 29.8 Å². The number of ether oxygens (including phenoxy) is 3. The molecule has 0 amide bonds. The van der Waals surface area contributed by atoms with E-state index in [0.717, 1.165) is 16.6 Å². The molecule has 0 fully saturated rings. The van der Waals surface area contributed by atoms with Gasteiger partial charge in [-0.15, -0.1) is 0 Å². The molecular formula is C21H23N3O4S. The van der Waals surface area contributed by atoms with Crippen LogP contribution < -0.4 is 30.4 Å². The number of nitrogens with one attached hydrogen (secondary N) is 3. The number of aromatic nitrogens is 1. The Bertz CT molecular complexity index is 1080. The highest BCUT2D eigenvalue weighted by Gasteiger charge is 2.07. The van der Waals surface area contributed by atoms with Crippen molar-refractivity contribution in [2.45, 2.75) is 6.42 Å². The van der Waals surface area contributed by atoms with Crippen molar-refractivity contribution in [3.8, 4) is 17.2 Å². The van der Waals surface area contributed by atoms with Crippen molar-refractivity contribution >= 4 is 33.9 Å². The molecule has 0 radical (unpaired) electrons. The standard InChI is InChI=1S/C21H23N3O4S/c1-26-16-6-4-13-10-14(20(25)24-17(13)12-16)8-9-22-21(29)23-15-5-7-18(27-2)19(11-15)28-3/h4-7,10-12H,8-9H2,1-3H3,(H,24,25)(H2,22,23,29). The van der Waals surface area contributed by atoms with E-state index in [-0.39, 0.29) is 5.56 Å². The fourth-order valence-electron chi connectivity index (χ4n) is 2.94. The molecule has 0 bridgehead atoms. The minimum absolute atomic E-state index is 0.119. The summed E-state index contributed by atoms with van der Waals surface area (Å²) >= 11 is 5.34. The fraction of sp³-hybridized carbons (Fsp3) is 0.238. The Morgan fingerprint density at radius 2 is 1.79 bits per heavy atom. The van der Waals surface area contributed by atoms with Crippen molar-refractivity contribution in [1.29, 1.82) is 0 Å². The van der Waals surface area contributed by atoms with Crippen molar-refractivity contribution < 1.29 is 14.2 Å². The van der Waals surface area contributed by atoms with Crippen LogP contribution in [-0.2, 0) is 6.42 Å². The second-order valence-corrected chi connectivity index (χ2v) is 6.69. The van der Waals surface area contributed by atoms with Gasteiger partial charge in [0, 0.05) is 29.9 Å². The normalized spacial score (nSPS) is 10.4. The predicted octanol–water partition coefficient (Wildman–Crippen LogP) is 3.08. The van der Waals surface area contributed by atoms with Crippen LogP contribution in [0.4, 0.5) is 5.69 Å². The van der Waals surface area contributed by atoms with Gasteiger partial charge in [-0.3, -0.25) is 4.79 Å². The summed E-state index contributed by atoms with van der Waals surface area (Å²) in [6.45, 7) is 0.518. The first kappa shape index (κ1) is 20.5. The summed E-state index contributed by atoms with van der Waals surface area (Å²) in [7, 11) is 4.76. The third-order valence-corrected chi connectivity index (χ3v) is 4.70. The van der Waals surface area contributed by atoms with Crippen LogP contribution in [0.25, 0.3) is 10.9 Å². The maximum Gasteiger partial charge on any atom is 0.251 e. The molecule has 1 aromatic heterocycles. The molecule has 0 saturated heterocycles. The van der Waals surface area contributed by atoms with Gasteiger partial charge in [-0.05, 0) is 54.4 Å². The lowest BCUT2D eigenvalue weighted by molar-refractivity contribution is 0.355. The van der Waals surface area contributed by atoms with Crippen LogP contribution in [0.1, 0.15) is 5.56 Å². The zero-order chi connectivity index (χ0) is 20.8. The molecule has 0 unspecified atom stereocenters. The Morgan fingerprint density at radius 1 is 1.00 bits per heavy atom. The minimum Gasteiger partial charge on any atom is -0.497 e. The lowest BCUT2D eigenvalue weighted by Gasteiger charge is -2.13. The number of rotatable bonds is 7. The number of benzene rings is 2. The van der Waals surface area contributed by atoms with Crippen LogP contribution in [0.5, 0.6) is 17.2 Å². The molecule has 152 valence electrons. The van der Waals surface area contributed by atoms with Crippen molar-refractivity contribution in [2.75, 3.05) is 33.2 Å². The first-order chi connectivity index (χ1) is 14.0. The number of aromatic amines is 1. The molecule has 0 aliphatic heterocycles. The highest BCUT2D eigenvalue weighted by atomic mass is 32.1. The van der Waals surface area contributed by atoms with Crippen LogP contribution in [0, 0.1) is 0 Å². The van der Waals surface area contributed by atoms with Gasteiger partial charge >= 0.3 is 0 Å². The van der Waals surface area contributed by atoms with Gasteiger partial charge in [-0.1, -0.05) is 0 Å². The number of H-pyrrole nitrogens is 1. The topological polar surface area (TPSA) is 84.6 Å². The zero-order valence-electron chi connectivity index (χ0n) is 16.5. The Kier molecular flexibility index (Phi) is 6.56. The van der Waals surface area contributed by atoms with Gasteiger partial charge in [0.25, 0.3) is 5.56 Å². The van der Waals surface area contributed by atoms with Crippen LogP contribution in [0.2, 0.25) is 0 Å². The summed E-state index contributed by atoms with van der Waals surface area (Å²) in [5.74, 6) is 1.96. The van der Waals surface area contributed by atoms with Gasteiger partial charge in [-0.2, -0.15) is 0 Å². The quantitative estimate of drug-likeness (QED) is 0.513. The molecule has 3 rings (SSSR count). The smallest absolute Gasteiger partial charge is 0.251 e. The second kappa shape index (κ2) is 9.29. The molecule has 3 aromatic rings. The van der Waals surface area contributed by atoms with Crippen molar-refractivity contribution in [3.63, 3.8) is 0 Å². The Labute approximate surface area is 174 Å². The third kappa shape index (κ3) is 4.97. The molecule has 7 nitrogen and oxygen atoms in total. The van der Waals surface area contributed by atoms with Crippen LogP contribution in [-0.4, -0.2) is 38.0 Å². The third-order valence-electron chi connectivity index (χ3n) is 4.45. The van der Waals surface area contributed by atoms with Crippen molar-refractivity contribution in [3.05, 3.63) is 58.4 Å². The number of pyridine rings is 1. The Hall–Kier alpha value is -3.26. The maximum atomic E-state index is 12.3. The molecule has 2 aromatic carbocycles. The van der Waals surface area contributed by atoms with Crippen LogP contribution >= 0.6 is 12.2 Å². The SMILES string of the molecule is COc1ccc2cc(CCNC(=S)Nc3ccc(OC)c(OC)c3)c(=O)[nH]c2c1. The largest absolute Gasteiger partial charge is 0.497 e. The van der Waals surface area contributed by atoms with Crippen LogP contribution in [0.15, 0.2) is 47.3 Å². The minimum atomic E-state index is -0.119. The number of hydrogen-bond donors (Lipinski definition) is 3. The van der Waals surface area contributed by atoms with Gasteiger partial charge in [-0.25, -0.2) is 0 Å². The van der Waals surface area contributed by atoms with Gasteiger partial charge in [0.1, 0.15) is 5.75 Å².